The van der Waals surface area contributed by atoms with Crippen molar-refractivity contribution in [2.45, 2.75) is 20.3 Å². The van der Waals surface area contributed by atoms with Gasteiger partial charge in [0.15, 0.2) is 0 Å². The van der Waals surface area contributed by atoms with E-state index in [0.29, 0.717) is 0 Å². The number of nitrogens with zero attached hydrogens (tertiary/aromatic N) is 2. The van der Waals surface area contributed by atoms with Gasteiger partial charge in [-0.25, -0.2) is 9.59 Å². The molecular weight excluding hydrogens is 278 g/mol. The number of hydrogen-bond acceptors (Lipinski definition) is 5. The van der Waals surface area contributed by atoms with Crippen molar-refractivity contribution in [2.24, 2.45) is 0 Å². The number of nitriles is 1. The molecular formula is C13H19N3O5. The lowest BCUT2D eigenvalue weighted by Crippen LogP contribution is -2.45. The molecule has 0 aromatic rings. The molecule has 0 aliphatic heterocycles. The Morgan fingerprint density at radius 3 is 2.33 bits per heavy atom. The molecule has 116 valence electrons. The number of imide groups is 1. The third-order valence-corrected chi connectivity index (χ3v) is 2.79. The van der Waals surface area contributed by atoms with E-state index in [0.717, 1.165) is 0 Å². The number of carboxylic acids is 1. The largest absolute Gasteiger partial charge is 0.478 e. The number of aliphatic carboxylic acids is 1. The minimum atomic E-state index is -1.23. The van der Waals surface area contributed by atoms with Crippen molar-refractivity contribution < 1.29 is 24.2 Å². The monoisotopic (exact) mass is 297 g/mol. The summed E-state index contributed by atoms with van der Waals surface area (Å²) in [7, 11) is 1.47. The number of hydrogen-bond donors (Lipinski definition) is 2. The molecule has 0 unspecified atom stereocenters. The van der Waals surface area contributed by atoms with Gasteiger partial charge in [0, 0.05) is 31.3 Å². The van der Waals surface area contributed by atoms with Crippen LogP contribution in [0, 0.1) is 11.3 Å². The van der Waals surface area contributed by atoms with Crippen LogP contribution in [-0.2, 0) is 14.3 Å². The van der Waals surface area contributed by atoms with Crippen LogP contribution in [0.25, 0.3) is 0 Å². The van der Waals surface area contributed by atoms with Crippen LogP contribution in [0.15, 0.2) is 11.1 Å². The lowest BCUT2D eigenvalue weighted by Gasteiger charge is -2.21. The quantitative estimate of drug-likeness (QED) is 0.660. The molecule has 0 atom stereocenters. The maximum absolute atomic E-state index is 11.9. The summed E-state index contributed by atoms with van der Waals surface area (Å²) in [5.41, 5.74) is -0.191. The van der Waals surface area contributed by atoms with Gasteiger partial charge < -0.3 is 14.7 Å². The predicted octanol–water partition coefficient (Wildman–Crippen LogP) is 0.506. The Bertz CT molecular complexity index is 479. The summed E-state index contributed by atoms with van der Waals surface area (Å²) in [5.74, 6) is -2.00. The topological polar surface area (TPSA) is 120 Å². The van der Waals surface area contributed by atoms with Gasteiger partial charge in [0.25, 0.3) is 5.91 Å². The Kier molecular flexibility index (Phi) is 8.41. The number of carboxylic acid groups (broad SMARTS) is 1. The Balaban J connectivity index is 4.81. The first kappa shape index (κ1) is 18.6. The highest BCUT2D eigenvalue weighted by Gasteiger charge is 2.19. The van der Waals surface area contributed by atoms with Crippen LogP contribution in [0.3, 0.4) is 0 Å². The maximum atomic E-state index is 11.9. The lowest BCUT2D eigenvalue weighted by molar-refractivity contribution is -0.133. The van der Waals surface area contributed by atoms with Crippen LogP contribution in [-0.4, -0.2) is 54.7 Å². The molecule has 0 aromatic heterocycles. The average Bonchev–Trinajstić information content (AvgIpc) is 2.45. The molecule has 0 heterocycles. The fourth-order valence-electron chi connectivity index (χ4n) is 1.30. The lowest BCUT2D eigenvalue weighted by atomic mass is 10.1. The van der Waals surface area contributed by atoms with E-state index in [1.165, 1.54) is 25.9 Å². The van der Waals surface area contributed by atoms with E-state index < -0.39 is 17.9 Å². The number of carbonyl (C=O) groups is 3. The smallest absolute Gasteiger partial charge is 0.331 e. The third-order valence-electron chi connectivity index (χ3n) is 2.79. The molecule has 21 heavy (non-hydrogen) atoms. The van der Waals surface area contributed by atoms with Gasteiger partial charge >= 0.3 is 12.0 Å². The summed E-state index contributed by atoms with van der Waals surface area (Å²) >= 11 is 0. The summed E-state index contributed by atoms with van der Waals surface area (Å²) < 4.78 is 4.85. The first-order valence-electron chi connectivity index (χ1n) is 6.22. The minimum absolute atomic E-state index is 0.0529. The first-order chi connectivity index (χ1) is 9.84. The number of amides is 3. The fourth-order valence-corrected chi connectivity index (χ4v) is 1.30. The van der Waals surface area contributed by atoms with Crippen molar-refractivity contribution in [3.8, 4) is 6.07 Å². The van der Waals surface area contributed by atoms with Gasteiger partial charge in [0.1, 0.15) is 0 Å². The molecule has 0 aliphatic carbocycles. The average molecular weight is 297 g/mol. The van der Waals surface area contributed by atoms with Crippen LogP contribution in [0.4, 0.5) is 4.79 Å². The molecule has 0 bridgehead atoms. The molecule has 0 aromatic carbocycles. The molecule has 3 amide bonds. The Hall–Kier alpha value is -2.40. The van der Waals surface area contributed by atoms with Gasteiger partial charge in [0.05, 0.1) is 19.1 Å². The number of methoxy groups -OCH3 is 1. The Labute approximate surface area is 123 Å². The summed E-state index contributed by atoms with van der Waals surface area (Å²) in [6, 6.07) is 1.21. The first-order valence-corrected chi connectivity index (χ1v) is 6.22. The summed E-state index contributed by atoms with van der Waals surface area (Å²) in [6.45, 7) is 3.23. The summed E-state index contributed by atoms with van der Waals surface area (Å²) in [6.07, 6.45) is 0.119. The van der Waals surface area contributed by atoms with Gasteiger partial charge in [-0.3, -0.25) is 10.1 Å². The highest BCUT2D eigenvalue weighted by Crippen LogP contribution is 2.04. The van der Waals surface area contributed by atoms with Gasteiger partial charge in [-0.2, -0.15) is 5.26 Å². The number of rotatable bonds is 7. The molecule has 0 saturated heterocycles. The molecule has 2 N–H and O–H groups in total. The number of urea groups is 1. The second kappa shape index (κ2) is 9.50. The summed E-state index contributed by atoms with van der Waals surface area (Å²) in [5, 5.41) is 19.4. The zero-order valence-electron chi connectivity index (χ0n) is 12.3. The van der Waals surface area contributed by atoms with Crippen LogP contribution in [0.1, 0.15) is 20.3 Å². The predicted molar refractivity (Wildman–Crippen MR) is 73.2 cm³/mol. The van der Waals surface area contributed by atoms with Crippen molar-refractivity contribution in [3.63, 3.8) is 0 Å². The third kappa shape index (κ3) is 6.54. The van der Waals surface area contributed by atoms with E-state index >= 15 is 0 Å². The van der Waals surface area contributed by atoms with Crippen LogP contribution >= 0.6 is 0 Å². The molecule has 8 nitrogen and oxygen atoms in total. The normalized spacial score (nSPS) is 11.1. The van der Waals surface area contributed by atoms with Crippen LogP contribution in [0.2, 0.25) is 0 Å². The Morgan fingerprint density at radius 2 is 1.86 bits per heavy atom. The summed E-state index contributed by atoms with van der Waals surface area (Å²) in [4.78, 5) is 35.7. The fraction of sp³-hybridized carbons (Fsp3) is 0.538. The van der Waals surface area contributed by atoms with Gasteiger partial charge in [-0.1, -0.05) is 0 Å². The van der Waals surface area contributed by atoms with Crippen molar-refractivity contribution in [2.75, 3.05) is 26.8 Å². The van der Waals surface area contributed by atoms with Crippen LogP contribution in [0.5, 0.6) is 0 Å². The number of carbonyl (C=O) groups excluding carboxylic acids is 2. The standard InChI is InChI=1S/C13H19N3O5/c1-9(10(2)12(18)19)11(17)15-13(20)16(6-4-5-14)7-8-21-3/h4,6-8H2,1-3H3,(H,18,19)(H,15,17,20). The Morgan fingerprint density at radius 1 is 1.24 bits per heavy atom. The highest BCUT2D eigenvalue weighted by atomic mass is 16.5. The van der Waals surface area contributed by atoms with E-state index in [-0.39, 0.29) is 37.3 Å². The van der Waals surface area contributed by atoms with E-state index in [9.17, 15) is 14.4 Å². The van der Waals surface area contributed by atoms with Gasteiger partial charge in [0.2, 0.25) is 0 Å². The number of ether oxygens (including phenoxy) is 1. The van der Waals surface area contributed by atoms with Crippen molar-refractivity contribution in [1.82, 2.24) is 10.2 Å². The molecule has 0 spiro atoms. The SMILES string of the molecule is COCCN(CCC#N)C(=O)NC(=O)C(C)=C(C)C(=O)O. The molecule has 0 saturated carbocycles. The second-order valence-electron chi connectivity index (χ2n) is 4.20. The van der Waals surface area contributed by atoms with E-state index in [1.54, 1.807) is 0 Å². The number of nitrogens with one attached hydrogen (secondary N) is 1. The van der Waals surface area contributed by atoms with Gasteiger partial charge in [-0.05, 0) is 13.8 Å². The molecule has 0 radical (unpaired) electrons. The molecule has 0 aliphatic rings. The van der Waals surface area contributed by atoms with Gasteiger partial charge in [-0.15, -0.1) is 0 Å². The second-order valence-corrected chi connectivity index (χ2v) is 4.20. The molecule has 0 fully saturated rings. The van der Waals surface area contributed by atoms with E-state index in [1.807, 2.05) is 6.07 Å². The maximum Gasteiger partial charge on any atom is 0.331 e. The zero-order valence-corrected chi connectivity index (χ0v) is 12.3. The van der Waals surface area contributed by atoms with Crippen LogP contribution < -0.4 is 5.32 Å². The molecule has 8 heteroatoms. The van der Waals surface area contributed by atoms with Crippen molar-refractivity contribution in [1.29, 1.82) is 5.26 Å². The van der Waals surface area contributed by atoms with E-state index in [2.05, 4.69) is 5.32 Å². The van der Waals surface area contributed by atoms with Crippen molar-refractivity contribution >= 4 is 17.9 Å². The highest BCUT2D eigenvalue weighted by molar-refractivity contribution is 6.07. The van der Waals surface area contributed by atoms with Crippen molar-refractivity contribution in [3.05, 3.63) is 11.1 Å². The van der Waals surface area contributed by atoms with E-state index in [4.69, 9.17) is 15.1 Å². The zero-order chi connectivity index (χ0) is 16.4. The minimum Gasteiger partial charge on any atom is -0.478 e. The molecule has 0 rings (SSSR count).